The minimum Gasteiger partial charge on any atom is -0.122 e. The van der Waals surface area contributed by atoms with Crippen molar-refractivity contribution in [3.05, 3.63) is 23.3 Å². The predicted octanol–water partition coefficient (Wildman–Crippen LogP) is 4.31. The standard InChI is InChI=1S/C10H13Cl3/c1-10(4-5-11)6-8(7-12)2-3-9(10)13/h2,4-5,9H,3,6-7H2,1H3. The highest BCUT2D eigenvalue weighted by atomic mass is 35.5. The quantitative estimate of drug-likeness (QED) is 0.497. The molecule has 3 heteroatoms. The Bertz CT molecular complexity index is 232. The highest BCUT2D eigenvalue weighted by Crippen LogP contribution is 2.41. The molecular weight excluding hydrogens is 226 g/mol. The lowest BCUT2D eigenvalue weighted by atomic mass is 9.76. The monoisotopic (exact) mass is 238 g/mol. The first-order valence-corrected chi connectivity index (χ1v) is 5.69. The maximum absolute atomic E-state index is 6.23. The van der Waals surface area contributed by atoms with Crippen LogP contribution in [-0.4, -0.2) is 11.3 Å². The number of hydrogen-bond donors (Lipinski definition) is 0. The number of alkyl halides is 2. The lowest BCUT2D eigenvalue weighted by molar-refractivity contribution is 0.383. The zero-order valence-corrected chi connectivity index (χ0v) is 9.83. The Morgan fingerprint density at radius 1 is 1.69 bits per heavy atom. The molecule has 1 aliphatic rings. The van der Waals surface area contributed by atoms with Crippen molar-refractivity contribution in [3.63, 3.8) is 0 Å². The maximum Gasteiger partial charge on any atom is 0.0462 e. The average molecular weight is 240 g/mol. The maximum atomic E-state index is 6.23. The summed E-state index contributed by atoms with van der Waals surface area (Å²) in [7, 11) is 0. The molecule has 2 unspecified atom stereocenters. The Hall–Kier alpha value is 0.350. The van der Waals surface area contributed by atoms with Gasteiger partial charge in [-0.3, -0.25) is 0 Å². The normalized spacial score (nSPS) is 35.1. The van der Waals surface area contributed by atoms with Gasteiger partial charge in [0, 0.05) is 22.2 Å². The Balaban J connectivity index is 2.81. The van der Waals surface area contributed by atoms with Crippen LogP contribution in [0, 0.1) is 5.41 Å². The molecule has 0 saturated carbocycles. The number of halogens is 3. The van der Waals surface area contributed by atoms with Crippen molar-refractivity contribution >= 4 is 34.8 Å². The fourth-order valence-electron chi connectivity index (χ4n) is 1.62. The van der Waals surface area contributed by atoms with Gasteiger partial charge in [0.15, 0.2) is 0 Å². The largest absolute Gasteiger partial charge is 0.122 e. The van der Waals surface area contributed by atoms with Crippen LogP contribution in [0.1, 0.15) is 19.8 Å². The Labute approximate surface area is 94.5 Å². The lowest BCUT2D eigenvalue weighted by Gasteiger charge is -2.35. The van der Waals surface area contributed by atoms with Crippen molar-refractivity contribution in [2.75, 3.05) is 5.88 Å². The van der Waals surface area contributed by atoms with Gasteiger partial charge in [-0.2, -0.15) is 0 Å². The van der Waals surface area contributed by atoms with Crippen LogP contribution in [0.15, 0.2) is 23.3 Å². The first-order chi connectivity index (χ1) is 6.12. The van der Waals surface area contributed by atoms with Gasteiger partial charge < -0.3 is 0 Å². The molecule has 74 valence electrons. The van der Waals surface area contributed by atoms with Gasteiger partial charge in [0.1, 0.15) is 0 Å². The van der Waals surface area contributed by atoms with Crippen LogP contribution in [0.3, 0.4) is 0 Å². The molecule has 2 atom stereocenters. The summed E-state index contributed by atoms with van der Waals surface area (Å²) in [5.74, 6) is 0.593. The number of hydrogen-bond acceptors (Lipinski definition) is 0. The van der Waals surface area contributed by atoms with E-state index in [2.05, 4.69) is 13.0 Å². The van der Waals surface area contributed by atoms with E-state index in [1.165, 1.54) is 5.57 Å². The fraction of sp³-hybridized carbons (Fsp3) is 0.600. The van der Waals surface area contributed by atoms with Gasteiger partial charge in [0.2, 0.25) is 0 Å². The highest BCUT2D eigenvalue weighted by molar-refractivity contribution is 6.25. The van der Waals surface area contributed by atoms with Crippen LogP contribution in [0.25, 0.3) is 0 Å². The molecule has 0 nitrogen and oxygen atoms in total. The molecule has 0 heterocycles. The van der Waals surface area contributed by atoms with E-state index in [0.29, 0.717) is 5.88 Å². The van der Waals surface area contributed by atoms with E-state index in [4.69, 9.17) is 34.8 Å². The van der Waals surface area contributed by atoms with Crippen molar-refractivity contribution in [1.29, 1.82) is 0 Å². The number of rotatable bonds is 2. The Morgan fingerprint density at radius 3 is 2.92 bits per heavy atom. The molecule has 0 aliphatic heterocycles. The average Bonchev–Trinajstić information content (AvgIpc) is 2.10. The van der Waals surface area contributed by atoms with Gasteiger partial charge in [-0.05, 0) is 12.8 Å². The van der Waals surface area contributed by atoms with E-state index in [9.17, 15) is 0 Å². The molecular formula is C10H13Cl3. The zero-order chi connectivity index (χ0) is 9.90. The zero-order valence-electron chi connectivity index (χ0n) is 7.56. The summed E-state index contributed by atoms with van der Waals surface area (Å²) in [4.78, 5) is 0. The van der Waals surface area contributed by atoms with Gasteiger partial charge in [-0.25, -0.2) is 0 Å². The van der Waals surface area contributed by atoms with E-state index < -0.39 is 0 Å². The van der Waals surface area contributed by atoms with E-state index in [-0.39, 0.29) is 10.8 Å². The minimum atomic E-state index is -0.0394. The molecule has 0 bridgehead atoms. The molecule has 0 aromatic carbocycles. The van der Waals surface area contributed by atoms with Crippen LogP contribution in [0.5, 0.6) is 0 Å². The van der Waals surface area contributed by atoms with Gasteiger partial charge in [0.05, 0.1) is 0 Å². The third-order valence-corrected chi connectivity index (χ3v) is 3.70. The van der Waals surface area contributed by atoms with Crippen LogP contribution in [0.4, 0.5) is 0 Å². The SMILES string of the molecule is CC1(C=CCl)CC(CCl)=CCC1Cl. The second kappa shape index (κ2) is 4.72. The number of allylic oxidation sites excluding steroid dienone is 3. The molecule has 0 spiro atoms. The molecule has 0 amide bonds. The summed E-state index contributed by atoms with van der Waals surface area (Å²) in [5.41, 5.74) is 2.77. The highest BCUT2D eigenvalue weighted by Gasteiger charge is 2.33. The smallest absolute Gasteiger partial charge is 0.0462 e. The van der Waals surface area contributed by atoms with Crippen molar-refractivity contribution in [3.8, 4) is 0 Å². The molecule has 1 rings (SSSR count). The molecule has 0 aromatic rings. The van der Waals surface area contributed by atoms with E-state index in [1.54, 1.807) is 5.54 Å². The Kier molecular flexibility index (Phi) is 4.15. The predicted molar refractivity (Wildman–Crippen MR) is 60.8 cm³/mol. The third-order valence-electron chi connectivity index (χ3n) is 2.55. The first-order valence-electron chi connectivity index (χ1n) is 4.28. The molecule has 0 fully saturated rings. The summed E-state index contributed by atoms with van der Waals surface area (Å²) in [5, 5.41) is 0.120. The summed E-state index contributed by atoms with van der Waals surface area (Å²) < 4.78 is 0. The fourth-order valence-corrected chi connectivity index (χ4v) is 2.35. The minimum absolute atomic E-state index is 0.0394. The van der Waals surface area contributed by atoms with Crippen molar-refractivity contribution in [1.82, 2.24) is 0 Å². The second-order valence-electron chi connectivity index (χ2n) is 3.67. The van der Waals surface area contributed by atoms with Gasteiger partial charge in [0.25, 0.3) is 0 Å². The summed E-state index contributed by atoms with van der Waals surface area (Å²) in [6.07, 6.45) is 5.88. The topological polar surface area (TPSA) is 0 Å². The van der Waals surface area contributed by atoms with Crippen LogP contribution < -0.4 is 0 Å². The Morgan fingerprint density at radius 2 is 2.38 bits per heavy atom. The molecule has 0 saturated heterocycles. The first kappa shape index (κ1) is 11.4. The van der Waals surface area contributed by atoms with Gasteiger partial charge >= 0.3 is 0 Å². The molecule has 1 aliphatic carbocycles. The van der Waals surface area contributed by atoms with E-state index in [1.807, 2.05) is 6.08 Å². The van der Waals surface area contributed by atoms with E-state index >= 15 is 0 Å². The van der Waals surface area contributed by atoms with Crippen molar-refractivity contribution < 1.29 is 0 Å². The molecule has 13 heavy (non-hydrogen) atoms. The van der Waals surface area contributed by atoms with Gasteiger partial charge in [-0.1, -0.05) is 36.2 Å². The van der Waals surface area contributed by atoms with Crippen molar-refractivity contribution in [2.45, 2.75) is 25.1 Å². The molecule has 0 aromatic heterocycles. The lowest BCUT2D eigenvalue weighted by Crippen LogP contribution is -2.29. The molecule has 0 radical (unpaired) electrons. The second-order valence-corrected chi connectivity index (χ2v) is 4.72. The molecule has 0 N–H and O–H groups in total. The summed E-state index contributed by atoms with van der Waals surface area (Å²) in [6.45, 7) is 2.11. The van der Waals surface area contributed by atoms with Crippen LogP contribution in [0.2, 0.25) is 0 Å². The van der Waals surface area contributed by atoms with Crippen LogP contribution >= 0.6 is 34.8 Å². The third kappa shape index (κ3) is 2.65. The van der Waals surface area contributed by atoms with Gasteiger partial charge in [-0.15, -0.1) is 23.2 Å². The van der Waals surface area contributed by atoms with Crippen molar-refractivity contribution in [2.24, 2.45) is 5.41 Å². The van der Waals surface area contributed by atoms with Crippen LogP contribution in [-0.2, 0) is 0 Å². The van der Waals surface area contributed by atoms with E-state index in [0.717, 1.165) is 12.8 Å². The summed E-state index contributed by atoms with van der Waals surface area (Å²) in [6, 6.07) is 0. The summed E-state index contributed by atoms with van der Waals surface area (Å²) >= 11 is 17.6.